The fourth-order valence-corrected chi connectivity index (χ4v) is 0. The molecule has 0 heterocycles. The molecule has 6 heteroatoms. The van der Waals surface area contributed by atoms with Gasteiger partial charge in [0.25, 0.3) is 0 Å². The molecule has 5 N–H and O–H groups in total. The Labute approximate surface area is 59.6 Å². The van der Waals surface area contributed by atoms with Crippen LogP contribution >= 0.6 is 13.5 Å². The molecule has 0 radical (unpaired) electrons. The summed E-state index contributed by atoms with van der Waals surface area (Å²) in [4.78, 5) is 16.2. The van der Waals surface area contributed by atoms with Crippen LogP contribution in [0.2, 0.25) is 0 Å². The van der Waals surface area contributed by atoms with Gasteiger partial charge in [0, 0.05) is 6.54 Å². The number of hydrogen-bond acceptors (Lipinski definition) is 4. The molecule has 9 heavy (non-hydrogen) atoms. The van der Waals surface area contributed by atoms with Crippen LogP contribution in [0.5, 0.6) is 0 Å². The zero-order chi connectivity index (χ0) is 6.12. The van der Waals surface area contributed by atoms with Crippen molar-refractivity contribution in [3.63, 3.8) is 0 Å². The molecule has 0 saturated carbocycles. The molecule has 0 amide bonds. The van der Waals surface area contributed by atoms with Crippen molar-refractivity contribution in [1.29, 1.82) is 0 Å². The largest absolute Gasteiger partial charge is 0.412 e. The first-order chi connectivity index (χ1) is 3.33. The van der Waals surface area contributed by atoms with E-state index in [1.54, 1.807) is 0 Å². The van der Waals surface area contributed by atoms with E-state index in [-0.39, 0.29) is 31.7 Å². The first-order valence-corrected chi connectivity index (χ1v) is 1.63. The zero-order valence-electron chi connectivity index (χ0n) is 4.76. The van der Waals surface area contributed by atoms with Crippen LogP contribution in [-0.2, 0) is 9.59 Å². The van der Waals surface area contributed by atoms with Gasteiger partial charge in [-0.1, -0.05) is 0 Å². The third-order valence-electron chi connectivity index (χ3n) is 0.129. The molecule has 0 rings (SSSR count). The Balaban J connectivity index is -0.0000000233. The Morgan fingerprint density at radius 2 is 1.56 bits per heavy atom. The van der Waals surface area contributed by atoms with Gasteiger partial charge in [0.15, 0.2) is 0 Å². The van der Waals surface area contributed by atoms with Gasteiger partial charge in [0.1, 0.15) is 0 Å². The van der Waals surface area contributed by atoms with Crippen molar-refractivity contribution >= 4 is 19.6 Å². The first kappa shape index (κ1) is 23.5. The number of carbonyl (C=O) groups excluding carboxylic acids is 2. The Morgan fingerprint density at radius 3 is 1.56 bits per heavy atom. The third-order valence-corrected chi connectivity index (χ3v) is 0.129. The van der Waals surface area contributed by atoms with E-state index in [4.69, 9.17) is 20.4 Å². The Kier molecular flexibility index (Phi) is 127. The Morgan fingerprint density at radius 1 is 1.44 bits per heavy atom. The van der Waals surface area contributed by atoms with Crippen molar-refractivity contribution in [2.75, 3.05) is 13.2 Å². The van der Waals surface area contributed by atoms with Crippen LogP contribution in [0.1, 0.15) is 0 Å². The maximum atomic E-state index is 8.12. The summed E-state index contributed by atoms with van der Waals surface area (Å²) in [6, 6.07) is 0. The van der Waals surface area contributed by atoms with Crippen molar-refractivity contribution in [2.24, 2.45) is 5.73 Å². The smallest absolute Gasteiger partial charge is 0.373 e. The van der Waals surface area contributed by atoms with E-state index in [0.717, 1.165) is 0 Å². The molecule has 0 aliphatic heterocycles. The lowest BCUT2D eigenvalue weighted by Gasteiger charge is -1.71. The van der Waals surface area contributed by atoms with Gasteiger partial charge in [-0.2, -0.15) is 23.1 Å². The second-order valence-electron chi connectivity index (χ2n) is 0.596. The second kappa shape index (κ2) is 48.8. The highest BCUT2D eigenvalue weighted by Gasteiger charge is 1.56. The molecule has 0 aromatic rings. The highest BCUT2D eigenvalue weighted by Crippen LogP contribution is 1.33. The van der Waals surface area contributed by atoms with Crippen molar-refractivity contribution in [2.45, 2.75) is 0 Å². The maximum Gasteiger partial charge on any atom is 0.373 e. The SMILES string of the molecule is NCCO.O.O=C=O.S. The molecule has 58 valence electrons. The number of rotatable bonds is 1. The van der Waals surface area contributed by atoms with Gasteiger partial charge in [-0.25, -0.2) is 0 Å². The standard InChI is InChI=1S/C2H7NO.CO2.H2O.H2S/c3-1-2-4;2-1-3;;/h4H,1-3H2;;2*1H2. The van der Waals surface area contributed by atoms with Crippen LogP contribution in [-0.4, -0.2) is 29.9 Å². The van der Waals surface area contributed by atoms with Gasteiger partial charge in [-0.15, -0.1) is 0 Å². The summed E-state index contributed by atoms with van der Waals surface area (Å²) in [5, 5.41) is 7.75. The first-order valence-electron chi connectivity index (χ1n) is 1.63. The van der Waals surface area contributed by atoms with E-state index >= 15 is 0 Å². The average molecular weight is 157 g/mol. The van der Waals surface area contributed by atoms with Crippen LogP contribution < -0.4 is 5.73 Å². The lowest BCUT2D eigenvalue weighted by Crippen LogP contribution is -2.02. The minimum atomic E-state index is 0. The molecule has 0 saturated heterocycles. The second-order valence-corrected chi connectivity index (χ2v) is 0.596. The van der Waals surface area contributed by atoms with Crippen molar-refractivity contribution < 1.29 is 20.2 Å². The minimum Gasteiger partial charge on any atom is -0.412 e. The average Bonchev–Trinajstić information content (AvgIpc) is 1.69. The van der Waals surface area contributed by atoms with Crippen molar-refractivity contribution in [3.8, 4) is 0 Å². The summed E-state index contributed by atoms with van der Waals surface area (Å²) >= 11 is 0. The third kappa shape index (κ3) is 644. The Hall–Kier alpha value is -0.390. The van der Waals surface area contributed by atoms with E-state index in [9.17, 15) is 0 Å². The van der Waals surface area contributed by atoms with E-state index in [2.05, 4.69) is 0 Å². The van der Waals surface area contributed by atoms with Crippen LogP contribution in [0.25, 0.3) is 0 Å². The molecule has 0 spiro atoms. The lowest BCUT2D eigenvalue weighted by atomic mass is 10.8. The molecule has 0 bridgehead atoms. The summed E-state index contributed by atoms with van der Waals surface area (Å²) in [6.45, 7) is 0.472. The van der Waals surface area contributed by atoms with E-state index in [1.165, 1.54) is 0 Å². The molecule has 0 aromatic carbocycles. The molecule has 0 atom stereocenters. The monoisotopic (exact) mass is 157 g/mol. The van der Waals surface area contributed by atoms with Crippen LogP contribution in [0.3, 0.4) is 0 Å². The lowest BCUT2D eigenvalue weighted by molar-refractivity contribution is -0.191. The summed E-state index contributed by atoms with van der Waals surface area (Å²) < 4.78 is 0. The summed E-state index contributed by atoms with van der Waals surface area (Å²) in [5.41, 5.74) is 4.78. The van der Waals surface area contributed by atoms with Gasteiger partial charge in [0.2, 0.25) is 0 Å². The molecule has 0 unspecified atom stereocenters. The number of aliphatic hydroxyl groups is 1. The minimum absolute atomic E-state index is 0. The number of hydrogen-bond donors (Lipinski definition) is 2. The van der Waals surface area contributed by atoms with E-state index < -0.39 is 0 Å². The fraction of sp³-hybridized carbons (Fsp3) is 0.667. The predicted molar refractivity (Wildman–Crippen MR) is 35.1 cm³/mol. The summed E-state index contributed by atoms with van der Waals surface area (Å²) in [6.07, 6.45) is 0.250. The normalized spacial score (nSPS) is 4.22. The molecule has 0 fully saturated rings. The van der Waals surface area contributed by atoms with E-state index in [1.807, 2.05) is 0 Å². The molecule has 5 nitrogen and oxygen atoms in total. The number of aliphatic hydroxyl groups excluding tert-OH is 1. The fourth-order valence-electron chi connectivity index (χ4n) is 0. The van der Waals surface area contributed by atoms with E-state index in [0.29, 0.717) is 6.54 Å². The topological polar surface area (TPSA) is 112 Å². The zero-order valence-corrected chi connectivity index (χ0v) is 5.76. The van der Waals surface area contributed by atoms with Crippen LogP contribution in [0, 0.1) is 0 Å². The molecular formula is C3H11NO4S. The van der Waals surface area contributed by atoms with Crippen molar-refractivity contribution in [3.05, 3.63) is 0 Å². The highest BCUT2D eigenvalue weighted by molar-refractivity contribution is 7.59. The van der Waals surface area contributed by atoms with Gasteiger partial charge in [-0.05, 0) is 0 Å². The number of nitrogens with two attached hydrogens (primary N) is 1. The van der Waals surface area contributed by atoms with Gasteiger partial charge < -0.3 is 16.3 Å². The molecular weight excluding hydrogens is 146 g/mol. The van der Waals surface area contributed by atoms with Crippen LogP contribution in [0.15, 0.2) is 0 Å². The summed E-state index contributed by atoms with van der Waals surface area (Å²) in [7, 11) is 0. The van der Waals surface area contributed by atoms with Crippen LogP contribution in [0.4, 0.5) is 0 Å². The van der Waals surface area contributed by atoms with Gasteiger partial charge in [-0.3, -0.25) is 0 Å². The highest BCUT2D eigenvalue weighted by atomic mass is 32.1. The maximum absolute atomic E-state index is 8.12. The predicted octanol–water partition coefficient (Wildman–Crippen LogP) is -2.36. The summed E-state index contributed by atoms with van der Waals surface area (Å²) in [5.74, 6) is 0. The quantitative estimate of drug-likeness (QED) is 0.443. The molecule has 0 aliphatic rings. The van der Waals surface area contributed by atoms with Crippen molar-refractivity contribution in [1.82, 2.24) is 0 Å². The van der Waals surface area contributed by atoms with Gasteiger partial charge >= 0.3 is 6.15 Å². The Bertz CT molecular complexity index is 51.8. The van der Waals surface area contributed by atoms with Gasteiger partial charge in [0.05, 0.1) is 6.61 Å². The molecule has 0 aromatic heterocycles. The molecule has 0 aliphatic carbocycles.